The summed E-state index contributed by atoms with van der Waals surface area (Å²) in [5, 5.41) is 11.0. The van der Waals surface area contributed by atoms with Gasteiger partial charge in [-0.1, -0.05) is 0 Å². The Labute approximate surface area is 165 Å². The van der Waals surface area contributed by atoms with E-state index in [2.05, 4.69) is 30.9 Å². The van der Waals surface area contributed by atoms with Crippen LogP contribution in [0, 0.1) is 11.3 Å². The van der Waals surface area contributed by atoms with E-state index < -0.39 is 0 Å². The maximum absolute atomic E-state index is 13.2. The summed E-state index contributed by atoms with van der Waals surface area (Å²) in [4.78, 5) is 32.5. The van der Waals surface area contributed by atoms with E-state index in [1.807, 2.05) is 29.3 Å². The van der Waals surface area contributed by atoms with Crippen molar-refractivity contribution >= 4 is 33.7 Å². The maximum atomic E-state index is 13.2. The lowest BCUT2D eigenvalue weighted by Crippen LogP contribution is -2.49. The van der Waals surface area contributed by atoms with Gasteiger partial charge in [-0.15, -0.1) is 0 Å². The van der Waals surface area contributed by atoms with Crippen LogP contribution in [0.5, 0.6) is 0 Å². The molecule has 1 aromatic carbocycles. The Bertz CT molecular complexity index is 1310. The number of piperazine rings is 1. The lowest BCUT2D eigenvalue weighted by Gasteiger charge is -2.34. The van der Waals surface area contributed by atoms with Gasteiger partial charge in [0.2, 0.25) is 0 Å². The fourth-order valence-electron chi connectivity index (χ4n) is 4.73. The monoisotopic (exact) mass is 383 g/mol. The average Bonchev–Trinajstić information content (AvgIpc) is 3.53. The molecule has 2 bridgehead atoms. The number of nitrogens with zero attached hydrogens (tertiary/aromatic N) is 5. The molecule has 142 valence electrons. The molecule has 2 saturated heterocycles. The number of carbonyl (C=O) groups excluding carboxylic acids is 1. The minimum Gasteiger partial charge on any atom is -0.351 e. The average molecular weight is 383 g/mol. The van der Waals surface area contributed by atoms with Crippen LogP contribution in [0.1, 0.15) is 22.5 Å². The Kier molecular flexibility index (Phi) is 3.23. The SMILES string of the molecule is N#Cc1ccc2[nH]c(C(=O)N3CC4CC3CN4c3ncnc4[nH]ccc34)cc2c1. The van der Waals surface area contributed by atoms with Crippen LogP contribution < -0.4 is 4.90 Å². The van der Waals surface area contributed by atoms with Crippen molar-refractivity contribution in [2.75, 3.05) is 18.0 Å². The molecule has 0 radical (unpaired) electrons. The Balaban J connectivity index is 1.26. The van der Waals surface area contributed by atoms with Crippen LogP contribution in [-0.4, -0.2) is 55.9 Å². The number of H-pyrrole nitrogens is 2. The number of fused-ring (bicyclic) bond motifs is 4. The lowest BCUT2D eigenvalue weighted by atomic mass is 10.2. The fraction of sp³-hybridized carbons (Fsp3) is 0.238. The fourth-order valence-corrected chi connectivity index (χ4v) is 4.73. The third-order valence-corrected chi connectivity index (χ3v) is 6.09. The number of aromatic nitrogens is 4. The van der Waals surface area contributed by atoms with Crippen LogP contribution in [0.3, 0.4) is 0 Å². The highest BCUT2D eigenvalue weighted by molar-refractivity contribution is 5.99. The molecule has 3 aromatic heterocycles. The van der Waals surface area contributed by atoms with Gasteiger partial charge in [0.05, 0.1) is 29.1 Å². The molecular weight excluding hydrogens is 366 g/mol. The number of anilines is 1. The van der Waals surface area contributed by atoms with Gasteiger partial charge in [-0.25, -0.2) is 9.97 Å². The Hall–Kier alpha value is -3.86. The van der Waals surface area contributed by atoms with Crippen molar-refractivity contribution in [2.45, 2.75) is 18.5 Å². The highest BCUT2D eigenvalue weighted by Gasteiger charge is 2.46. The van der Waals surface area contributed by atoms with E-state index in [0.717, 1.165) is 40.7 Å². The van der Waals surface area contributed by atoms with Crippen molar-refractivity contribution in [1.29, 1.82) is 5.26 Å². The quantitative estimate of drug-likeness (QED) is 0.553. The summed E-state index contributed by atoms with van der Waals surface area (Å²) in [6.07, 6.45) is 4.41. The smallest absolute Gasteiger partial charge is 0.270 e. The third-order valence-electron chi connectivity index (χ3n) is 6.09. The van der Waals surface area contributed by atoms with Gasteiger partial charge >= 0.3 is 0 Å². The number of aromatic amines is 2. The summed E-state index contributed by atoms with van der Waals surface area (Å²) in [6, 6.07) is 11.8. The van der Waals surface area contributed by atoms with Crippen molar-refractivity contribution in [2.24, 2.45) is 0 Å². The van der Waals surface area contributed by atoms with Crippen molar-refractivity contribution in [3.8, 4) is 6.07 Å². The van der Waals surface area contributed by atoms with E-state index in [1.165, 1.54) is 0 Å². The Morgan fingerprint density at radius 2 is 2.10 bits per heavy atom. The number of nitriles is 1. The number of hydrogen-bond donors (Lipinski definition) is 2. The second kappa shape index (κ2) is 5.82. The first-order chi connectivity index (χ1) is 14.2. The van der Waals surface area contributed by atoms with Gasteiger partial charge in [-0.05, 0) is 36.8 Å². The van der Waals surface area contributed by atoms with E-state index in [4.69, 9.17) is 5.26 Å². The predicted octanol–water partition coefficient (Wildman–Crippen LogP) is 2.41. The molecule has 2 aliphatic heterocycles. The van der Waals surface area contributed by atoms with E-state index in [9.17, 15) is 4.79 Å². The van der Waals surface area contributed by atoms with Crippen molar-refractivity contribution in [1.82, 2.24) is 24.8 Å². The number of nitrogens with one attached hydrogen (secondary N) is 2. The lowest BCUT2D eigenvalue weighted by molar-refractivity contribution is 0.0720. The molecule has 1 amide bonds. The Morgan fingerprint density at radius 3 is 2.93 bits per heavy atom. The van der Waals surface area contributed by atoms with Crippen LogP contribution in [0.25, 0.3) is 21.9 Å². The van der Waals surface area contributed by atoms with Crippen LogP contribution in [0.4, 0.5) is 5.82 Å². The van der Waals surface area contributed by atoms with Gasteiger partial charge in [0.15, 0.2) is 0 Å². The summed E-state index contributed by atoms with van der Waals surface area (Å²) < 4.78 is 0. The van der Waals surface area contributed by atoms with Gasteiger partial charge < -0.3 is 19.8 Å². The van der Waals surface area contributed by atoms with E-state index >= 15 is 0 Å². The van der Waals surface area contributed by atoms with Gasteiger partial charge in [0, 0.05) is 30.2 Å². The third kappa shape index (κ3) is 2.34. The zero-order valence-electron chi connectivity index (χ0n) is 15.5. The molecule has 2 fully saturated rings. The summed E-state index contributed by atoms with van der Waals surface area (Å²) in [6.45, 7) is 1.45. The number of likely N-dealkylation sites (tertiary alicyclic amines) is 1. The van der Waals surface area contributed by atoms with Gasteiger partial charge in [0.25, 0.3) is 5.91 Å². The molecule has 2 atom stereocenters. The largest absolute Gasteiger partial charge is 0.351 e. The number of benzene rings is 1. The zero-order valence-corrected chi connectivity index (χ0v) is 15.5. The van der Waals surface area contributed by atoms with Crippen molar-refractivity contribution in [3.63, 3.8) is 0 Å². The first-order valence-electron chi connectivity index (χ1n) is 9.60. The normalized spacial score (nSPS) is 20.7. The standard InChI is InChI=1S/C21H17N7O/c22-8-12-1-2-17-13(5-12)6-18(26-17)21(29)28-10-14-7-15(28)9-27(14)20-16-3-4-23-19(16)24-11-25-20/h1-6,11,14-15,26H,7,9-10H2,(H,23,24,25). The molecule has 5 heterocycles. The molecule has 6 rings (SSSR count). The minimum atomic E-state index is 0.0151. The molecule has 0 aliphatic carbocycles. The highest BCUT2D eigenvalue weighted by Crippen LogP contribution is 2.37. The molecule has 4 aromatic rings. The van der Waals surface area contributed by atoms with Gasteiger partial charge in [-0.3, -0.25) is 4.79 Å². The van der Waals surface area contributed by atoms with Crippen LogP contribution >= 0.6 is 0 Å². The van der Waals surface area contributed by atoms with Crippen LogP contribution in [-0.2, 0) is 0 Å². The topological polar surface area (TPSA) is 105 Å². The molecule has 0 saturated carbocycles. The number of amides is 1. The molecule has 2 N–H and O–H groups in total. The van der Waals surface area contributed by atoms with Crippen molar-refractivity contribution < 1.29 is 4.79 Å². The second-order valence-corrected chi connectivity index (χ2v) is 7.69. The summed E-state index contributed by atoms with van der Waals surface area (Å²) in [5.74, 6) is 0.951. The molecule has 29 heavy (non-hydrogen) atoms. The maximum Gasteiger partial charge on any atom is 0.270 e. The molecule has 2 aliphatic rings. The first-order valence-corrected chi connectivity index (χ1v) is 9.60. The van der Waals surface area contributed by atoms with Crippen LogP contribution in [0.2, 0.25) is 0 Å². The van der Waals surface area contributed by atoms with Crippen molar-refractivity contribution in [3.05, 3.63) is 54.1 Å². The van der Waals surface area contributed by atoms with Crippen LogP contribution in [0.15, 0.2) is 42.9 Å². The van der Waals surface area contributed by atoms with E-state index in [-0.39, 0.29) is 18.0 Å². The van der Waals surface area contributed by atoms with E-state index in [1.54, 1.807) is 18.5 Å². The number of hydrogen-bond acceptors (Lipinski definition) is 5. The predicted molar refractivity (Wildman–Crippen MR) is 107 cm³/mol. The number of rotatable bonds is 2. The molecule has 0 spiro atoms. The molecule has 2 unspecified atom stereocenters. The second-order valence-electron chi connectivity index (χ2n) is 7.69. The number of carbonyl (C=O) groups is 1. The molecular formula is C21H17N7O. The summed E-state index contributed by atoms with van der Waals surface area (Å²) in [5.41, 5.74) is 2.87. The highest BCUT2D eigenvalue weighted by atomic mass is 16.2. The van der Waals surface area contributed by atoms with Gasteiger partial charge in [0.1, 0.15) is 23.5 Å². The summed E-state index contributed by atoms with van der Waals surface area (Å²) >= 11 is 0. The molecule has 8 nitrogen and oxygen atoms in total. The minimum absolute atomic E-state index is 0.0151. The molecule has 8 heteroatoms. The van der Waals surface area contributed by atoms with E-state index in [0.29, 0.717) is 17.8 Å². The zero-order chi connectivity index (χ0) is 19.5. The first kappa shape index (κ1) is 16.1. The van der Waals surface area contributed by atoms with Gasteiger partial charge in [-0.2, -0.15) is 5.26 Å². The summed E-state index contributed by atoms with van der Waals surface area (Å²) in [7, 11) is 0. The Morgan fingerprint density at radius 1 is 1.17 bits per heavy atom.